The maximum Gasteiger partial charge on any atom is 0.268 e. The van der Waals surface area contributed by atoms with Gasteiger partial charge >= 0.3 is 0 Å². The first-order chi connectivity index (χ1) is 13.9. The molecule has 0 spiro atoms. The molecule has 1 fully saturated rings. The number of hydrogen-bond donors (Lipinski definition) is 0. The third-order valence-electron chi connectivity index (χ3n) is 5.98. The Morgan fingerprint density at radius 2 is 1.90 bits per heavy atom. The topological polar surface area (TPSA) is 42.3 Å². The van der Waals surface area contributed by atoms with Crippen LogP contribution >= 0.6 is 11.6 Å². The Kier molecular flexibility index (Phi) is 4.53. The number of fused-ring (bicyclic) bond motifs is 2. The van der Waals surface area contributed by atoms with Gasteiger partial charge in [-0.15, -0.1) is 0 Å². The van der Waals surface area contributed by atoms with E-state index in [-0.39, 0.29) is 10.7 Å². The second-order valence-corrected chi connectivity index (χ2v) is 9.93. The lowest BCUT2D eigenvalue weighted by Crippen LogP contribution is -2.32. The first-order valence-electron chi connectivity index (χ1n) is 9.69. The van der Waals surface area contributed by atoms with Crippen molar-refractivity contribution in [3.63, 3.8) is 0 Å². The molecule has 0 N–H and O–H groups in total. The smallest absolute Gasteiger partial charge is 0.268 e. The average Bonchev–Trinajstić information content (AvgIpc) is 3.32. The largest absolute Gasteiger partial charge is 0.296 e. The predicted octanol–water partition coefficient (Wildman–Crippen LogP) is 4.92. The summed E-state index contributed by atoms with van der Waals surface area (Å²) in [4.78, 5) is 2.60. The van der Waals surface area contributed by atoms with Crippen molar-refractivity contribution < 1.29 is 12.8 Å². The van der Waals surface area contributed by atoms with Crippen LogP contribution in [0.4, 0.5) is 4.39 Å². The minimum Gasteiger partial charge on any atom is -0.296 e. The lowest BCUT2D eigenvalue weighted by atomic mass is 9.94. The minimum absolute atomic E-state index is 0.147. The van der Waals surface area contributed by atoms with Gasteiger partial charge in [0, 0.05) is 34.8 Å². The Morgan fingerprint density at radius 1 is 1.10 bits per heavy atom. The molecule has 0 saturated carbocycles. The molecule has 0 aliphatic carbocycles. The van der Waals surface area contributed by atoms with E-state index in [2.05, 4.69) is 11.0 Å². The fourth-order valence-corrected chi connectivity index (χ4v) is 5.99. The summed E-state index contributed by atoms with van der Waals surface area (Å²) >= 11 is 5.92. The van der Waals surface area contributed by atoms with Gasteiger partial charge in [0.15, 0.2) is 0 Å². The Bertz CT molecular complexity index is 1230. The van der Waals surface area contributed by atoms with Crippen LogP contribution in [0.3, 0.4) is 0 Å². The van der Waals surface area contributed by atoms with Crippen molar-refractivity contribution in [2.45, 2.75) is 30.2 Å². The van der Waals surface area contributed by atoms with Crippen LogP contribution in [0.15, 0.2) is 59.6 Å². The average molecular weight is 431 g/mol. The summed E-state index contributed by atoms with van der Waals surface area (Å²) in [7, 11) is -3.83. The molecule has 5 rings (SSSR count). The van der Waals surface area contributed by atoms with Gasteiger partial charge in [-0.25, -0.2) is 16.8 Å². The van der Waals surface area contributed by atoms with Gasteiger partial charge < -0.3 is 0 Å². The molecule has 0 amide bonds. The van der Waals surface area contributed by atoms with Gasteiger partial charge in [0.2, 0.25) is 0 Å². The molecule has 1 aromatic heterocycles. The van der Waals surface area contributed by atoms with E-state index in [0.29, 0.717) is 22.0 Å². The number of aromatic nitrogens is 1. The van der Waals surface area contributed by atoms with Crippen molar-refractivity contribution in [1.82, 2.24) is 8.87 Å². The fourth-order valence-electron chi connectivity index (χ4n) is 4.50. The molecule has 0 unspecified atom stereocenters. The second kappa shape index (κ2) is 6.97. The highest BCUT2D eigenvalue weighted by Gasteiger charge is 2.30. The molecule has 150 valence electrons. The van der Waals surface area contributed by atoms with Crippen LogP contribution in [0.1, 0.15) is 24.8 Å². The predicted molar refractivity (Wildman–Crippen MR) is 113 cm³/mol. The monoisotopic (exact) mass is 430 g/mol. The number of benzene rings is 2. The van der Waals surface area contributed by atoms with Crippen LogP contribution in [-0.2, 0) is 10.0 Å². The molecular weight excluding hydrogens is 411 g/mol. The quantitative estimate of drug-likeness (QED) is 0.592. The third-order valence-corrected chi connectivity index (χ3v) is 7.92. The van der Waals surface area contributed by atoms with E-state index < -0.39 is 10.0 Å². The molecule has 2 aliphatic rings. The summed E-state index contributed by atoms with van der Waals surface area (Å²) in [5.41, 5.74) is 2.36. The van der Waals surface area contributed by atoms with Crippen LogP contribution < -0.4 is 0 Å². The number of hydrogen-bond acceptors (Lipinski definition) is 3. The number of rotatable bonds is 3. The highest BCUT2D eigenvalue weighted by molar-refractivity contribution is 7.90. The summed E-state index contributed by atoms with van der Waals surface area (Å²) in [5.74, 6) is -0.376. The molecular formula is C22H20ClFN2O2S. The van der Waals surface area contributed by atoms with E-state index in [1.807, 2.05) is 0 Å². The maximum absolute atomic E-state index is 14.1. The van der Waals surface area contributed by atoms with Gasteiger partial charge in [0.25, 0.3) is 10.0 Å². The zero-order valence-corrected chi connectivity index (χ0v) is 17.3. The molecule has 4 nitrogen and oxygen atoms in total. The van der Waals surface area contributed by atoms with Crippen molar-refractivity contribution in [1.29, 1.82) is 0 Å². The Labute approximate surface area is 174 Å². The molecule has 0 radical (unpaired) electrons. The lowest BCUT2D eigenvalue weighted by Gasteiger charge is -2.29. The fraction of sp³-hybridized carbons (Fsp3) is 0.273. The van der Waals surface area contributed by atoms with Gasteiger partial charge in [0.05, 0.1) is 10.4 Å². The van der Waals surface area contributed by atoms with E-state index in [1.54, 1.807) is 18.3 Å². The summed E-state index contributed by atoms with van der Waals surface area (Å²) in [6, 6.07) is 10.8. The van der Waals surface area contributed by atoms with Gasteiger partial charge in [0.1, 0.15) is 5.82 Å². The molecule has 2 aliphatic heterocycles. The maximum atomic E-state index is 14.1. The molecule has 3 aromatic rings. The van der Waals surface area contributed by atoms with Crippen LogP contribution in [0.2, 0.25) is 5.02 Å². The Balaban J connectivity index is 1.67. The SMILES string of the molecule is O=S(=O)(c1ccc(Cl)cc1)n1cc(C2=CCN3CCC[C@@H]3C2)c2cc(F)ccc21. The van der Waals surface area contributed by atoms with Crippen molar-refractivity contribution in [2.75, 3.05) is 13.1 Å². The second-order valence-electron chi connectivity index (χ2n) is 7.68. The third kappa shape index (κ3) is 3.19. The first kappa shape index (κ1) is 18.9. The van der Waals surface area contributed by atoms with Crippen LogP contribution in [-0.4, -0.2) is 36.4 Å². The standard InChI is InChI=1S/C22H20ClFN2O2S/c23-16-3-6-19(7-4-16)29(27,28)26-14-21(20-13-17(24)5-8-22(20)26)15-9-11-25-10-1-2-18(25)12-15/h3-9,13-14,18H,1-2,10-12H2/t18-/m1/s1. The lowest BCUT2D eigenvalue weighted by molar-refractivity contribution is 0.275. The molecule has 29 heavy (non-hydrogen) atoms. The van der Waals surface area contributed by atoms with Gasteiger partial charge in [-0.1, -0.05) is 17.7 Å². The first-order valence-corrected chi connectivity index (χ1v) is 11.5. The highest BCUT2D eigenvalue weighted by atomic mass is 35.5. The van der Waals surface area contributed by atoms with E-state index in [1.165, 1.54) is 40.7 Å². The van der Waals surface area contributed by atoms with Crippen LogP contribution in [0.25, 0.3) is 16.5 Å². The summed E-state index contributed by atoms with van der Waals surface area (Å²) < 4.78 is 42.0. The summed E-state index contributed by atoms with van der Waals surface area (Å²) in [6.45, 7) is 1.96. The number of halogens is 2. The van der Waals surface area contributed by atoms with E-state index >= 15 is 0 Å². The van der Waals surface area contributed by atoms with Gasteiger partial charge in [-0.05, 0) is 73.8 Å². The van der Waals surface area contributed by atoms with Gasteiger partial charge in [-0.3, -0.25) is 4.90 Å². The number of nitrogens with zero attached hydrogens (tertiary/aromatic N) is 2. The zero-order valence-electron chi connectivity index (χ0n) is 15.7. The summed E-state index contributed by atoms with van der Waals surface area (Å²) in [5, 5.41) is 1.10. The van der Waals surface area contributed by atoms with Crippen molar-refractivity contribution >= 4 is 38.1 Å². The van der Waals surface area contributed by atoms with Crippen molar-refractivity contribution in [3.8, 4) is 0 Å². The van der Waals surface area contributed by atoms with Crippen molar-refractivity contribution in [2.24, 2.45) is 0 Å². The van der Waals surface area contributed by atoms with Gasteiger partial charge in [-0.2, -0.15) is 0 Å². The summed E-state index contributed by atoms with van der Waals surface area (Å²) in [6.07, 6.45) is 6.99. The van der Waals surface area contributed by atoms with E-state index in [9.17, 15) is 12.8 Å². The van der Waals surface area contributed by atoms with Crippen LogP contribution in [0.5, 0.6) is 0 Å². The highest BCUT2D eigenvalue weighted by Crippen LogP contribution is 2.37. The molecule has 0 bridgehead atoms. The van der Waals surface area contributed by atoms with Crippen LogP contribution in [0, 0.1) is 5.82 Å². The van der Waals surface area contributed by atoms with E-state index in [4.69, 9.17) is 11.6 Å². The molecule has 1 saturated heterocycles. The molecule has 7 heteroatoms. The molecule has 2 aromatic carbocycles. The van der Waals surface area contributed by atoms with Crippen molar-refractivity contribution in [3.05, 3.63) is 71.1 Å². The molecule has 3 heterocycles. The molecule has 1 atom stereocenters. The van der Waals surface area contributed by atoms with E-state index in [0.717, 1.165) is 37.1 Å². The Hall–Kier alpha value is -2.15. The minimum atomic E-state index is -3.83. The zero-order chi connectivity index (χ0) is 20.2. The Morgan fingerprint density at radius 3 is 2.69 bits per heavy atom. The normalized spacial score (nSPS) is 20.1.